The van der Waals surface area contributed by atoms with Gasteiger partial charge in [0.25, 0.3) is 0 Å². The fourth-order valence-electron chi connectivity index (χ4n) is 2.86. The summed E-state index contributed by atoms with van der Waals surface area (Å²) in [6.07, 6.45) is 6.41. The molecule has 2 N–H and O–H groups in total. The van der Waals surface area contributed by atoms with Crippen LogP contribution in [0.1, 0.15) is 44.6 Å². The van der Waals surface area contributed by atoms with E-state index in [-0.39, 0.29) is 0 Å². The smallest absolute Gasteiger partial charge is 0.0642 e. The second kappa shape index (κ2) is 6.44. The molecule has 2 rings (SSSR count). The molecule has 0 radical (unpaired) electrons. The lowest BCUT2D eigenvalue weighted by molar-refractivity contribution is 0.435. The van der Waals surface area contributed by atoms with E-state index in [0.717, 1.165) is 17.1 Å². The van der Waals surface area contributed by atoms with Crippen LogP contribution in [0.2, 0.25) is 5.02 Å². The molecule has 1 unspecified atom stereocenters. The van der Waals surface area contributed by atoms with E-state index >= 15 is 0 Å². The van der Waals surface area contributed by atoms with Gasteiger partial charge in [0.15, 0.2) is 0 Å². The summed E-state index contributed by atoms with van der Waals surface area (Å²) in [4.78, 5) is 2.50. The summed E-state index contributed by atoms with van der Waals surface area (Å²) in [6.45, 7) is 3.94. The Morgan fingerprint density at radius 2 is 2.22 bits per heavy atom. The molecule has 1 aliphatic heterocycles. The Labute approximate surface area is 115 Å². The molecule has 0 amide bonds. The van der Waals surface area contributed by atoms with Gasteiger partial charge < -0.3 is 10.6 Å². The van der Waals surface area contributed by atoms with Crippen molar-refractivity contribution in [3.8, 4) is 0 Å². The average Bonchev–Trinajstić information content (AvgIpc) is 2.40. The zero-order valence-electron chi connectivity index (χ0n) is 11.2. The summed E-state index contributed by atoms with van der Waals surface area (Å²) >= 11 is 6.41. The molecule has 1 aliphatic rings. The molecule has 0 aliphatic carbocycles. The van der Waals surface area contributed by atoms with E-state index in [4.69, 9.17) is 17.3 Å². The summed E-state index contributed by atoms with van der Waals surface area (Å²) in [5.41, 5.74) is 7.94. The van der Waals surface area contributed by atoms with Crippen LogP contribution in [-0.2, 0) is 6.54 Å². The van der Waals surface area contributed by atoms with Gasteiger partial charge >= 0.3 is 0 Å². The molecule has 1 atom stereocenters. The number of halogens is 1. The van der Waals surface area contributed by atoms with Crippen LogP contribution < -0.4 is 10.6 Å². The van der Waals surface area contributed by atoms with Crippen molar-refractivity contribution in [1.29, 1.82) is 0 Å². The third-order valence-electron chi connectivity index (χ3n) is 3.81. The zero-order chi connectivity index (χ0) is 13.0. The van der Waals surface area contributed by atoms with E-state index in [2.05, 4.69) is 24.0 Å². The summed E-state index contributed by atoms with van der Waals surface area (Å²) in [6, 6.07) is 6.90. The number of piperidine rings is 1. The minimum atomic E-state index is 0.554. The highest BCUT2D eigenvalue weighted by Crippen LogP contribution is 2.33. The van der Waals surface area contributed by atoms with Crippen LogP contribution in [0.5, 0.6) is 0 Å². The first kappa shape index (κ1) is 13.7. The molecule has 0 saturated carbocycles. The number of benzene rings is 1. The van der Waals surface area contributed by atoms with Crippen molar-refractivity contribution < 1.29 is 0 Å². The molecule has 100 valence electrons. The van der Waals surface area contributed by atoms with Crippen LogP contribution in [0.15, 0.2) is 18.2 Å². The second-order valence-corrected chi connectivity index (χ2v) is 5.53. The van der Waals surface area contributed by atoms with Crippen molar-refractivity contribution in [2.45, 2.75) is 51.6 Å². The summed E-state index contributed by atoms with van der Waals surface area (Å²) in [5, 5.41) is 0.848. The van der Waals surface area contributed by atoms with Gasteiger partial charge in [-0.05, 0) is 43.4 Å². The lowest BCUT2D eigenvalue weighted by atomic mass is 9.97. The van der Waals surface area contributed by atoms with Crippen molar-refractivity contribution in [3.05, 3.63) is 28.8 Å². The minimum Gasteiger partial charge on any atom is -0.367 e. The predicted molar refractivity (Wildman–Crippen MR) is 79.2 cm³/mol. The Kier molecular flexibility index (Phi) is 4.90. The van der Waals surface area contributed by atoms with E-state index in [1.165, 1.54) is 37.8 Å². The standard InChI is InChI=1S/C15H23ClN2/c1-2-5-13-6-3-4-9-18(13)15-8-7-12(11-17)10-14(15)16/h7-8,10,13H,2-6,9,11,17H2,1H3. The van der Waals surface area contributed by atoms with Crippen LogP contribution in [0.25, 0.3) is 0 Å². The van der Waals surface area contributed by atoms with Gasteiger partial charge in [-0.25, -0.2) is 0 Å². The first-order valence-corrected chi connectivity index (χ1v) is 7.39. The number of nitrogens with zero attached hydrogens (tertiary/aromatic N) is 1. The maximum Gasteiger partial charge on any atom is 0.0642 e. The van der Waals surface area contributed by atoms with Crippen LogP contribution in [0.4, 0.5) is 5.69 Å². The molecule has 1 saturated heterocycles. The SMILES string of the molecule is CCCC1CCCCN1c1ccc(CN)cc1Cl. The third kappa shape index (κ3) is 2.99. The summed E-state index contributed by atoms with van der Waals surface area (Å²) in [7, 11) is 0. The van der Waals surface area contributed by atoms with Gasteiger partial charge in [0.1, 0.15) is 0 Å². The number of hydrogen-bond donors (Lipinski definition) is 1. The first-order chi connectivity index (χ1) is 8.76. The third-order valence-corrected chi connectivity index (χ3v) is 4.11. The van der Waals surface area contributed by atoms with E-state index in [1.54, 1.807) is 0 Å². The maximum absolute atomic E-state index is 6.41. The van der Waals surface area contributed by atoms with Gasteiger partial charge in [0, 0.05) is 19.1 Å². The normalized spacial score (nSPS) is 20.2. The Balaban J connectivity index is 2.22. The van der Waals surface area contributed by atoms with Gasteiger partial charge in [-0.15, -0.1) is 0 Å². The molecule has 18 heavy (non-hydrogen) atoms. The molecule has 0 bridgehead atoms. The number of hydrogen-bond acceptors (Lipinski definition) is 2. The van der Waals surface area contributed by atoms with E-state index in [1.807, 2.05) is 6.07 Å². The largest absolute Gasteiger partial charge is 0.367 e. The molecule has 1 aromatic rings. The van der Waals surface area contributed by atoms with Crippen molar-refractivity contribution in [2.75, 3.05) is 11.4 Å². The van der Waals surface area contributed by atoms with Crippen molar-refractivity contribution in [1.82, 2.24) is 0 Å². The van der Waals surface area contributed by atoms with Crippen LogP contribution in [0.3, 0.4) is 0 Å². The number of anilines is 1. The van der Waals surface area contributed by atoms with Crippen molar-refractivity contribution >= 4 is 17.3 Å². The molecule has 3 heteroatoms. The van der Waals surface area contributed by atoms with Crippen LogP contribution >= 0.6 is 11.6 Å². The predicted octanol–water partition coefficient (Wildman–Crippen LogP) is 3.96. The molecule has 0 aromatic heterocycles. The Morgan fingerprint density at radius 1 is 1.39 bits per heavy atom. The maximum atomic E-state index is 6.41. The van der Waals surface area contributed by atoms with Crippen molar-refractivity contribution in [2.24, 2.45) is 5.73 Å². The molecular formula is C15H23ClN2. The molecule has 1 heterocycles. The topological polar surface area (TPSA) is 29.3 Å². The van der Waals surface area contributed by atoms with Gasteiger partial charge in [-0.2, -0.15) is 0 Å². The van der Waals surface area contributed by atoms with Crippen LogP contribution in [0, 0.1) is 0 Å². The van der Waals surface area contributed by atoms with E-state index < -0.39 is 0 Å². The van der Waals surface area contributed by atoms with E-state index in [0.29, 0.717) is 12.6 Å². The van der Waals surface area contributed by atoms with Gasteiger partial charge in [0.05, 0.1) is 10.7 Å². The lowest BCUT2D eigenvalue weighted by Gasteiger charge is -2.38. The summed E-state index contributed by atoms with van der Waals surface area (Å²) in [5.74, 6) is 0. The second-order valence-electron chi connectivity index (χ2n) is 5.12. The molecule has 1 fully saturated rings. The van der Waals surface area contributed by atoms with E-state index in [9.17, 15) is 0 Å². The first-order valence-electron chi connectivity index (χ1n) is 7.01. The minimum absolute atomic E-state index is 0.554. The van der Waals surface area contributed by atoms with Gasteiger partial charge in [-0.3, -0.25) is 0 Å². The highest BCUT2D eigenvalue weighted by molar-refractivity contribution is 6.33. The Morgan fingerprint density at radius 3 is 2.89 bits per heavy atom. The molecule has 1 aromatic carbocycles. The number of nitrogens with two attached hydrogens (primary N) is 1. The Hall–Kier alpha value is -0.730. The van der Waals surface area contributed by atoms with Gasteiger partial charge in [-0.1, -0.05) is 31.0 Å². The van der Waals surface area contributed by atoms with Crippen LogP contribution in [-0.4, -0.2) is 12.6 Å². The monoisotopic (exact) mass is 266 g/mol. The quantitative estimate of drug-likeness (QED) is 0.894. The van der Waals surface area contributed by atoms with Gasteiger partial charge in [0.2, 0.25) is 0 Å². The molecular weight excluding hydrogens is 244 g/mol. The highest BCUT2D eigenvalue weighted by atomic mass is 35.5. The fourth-order valence-corrected chi connectivity index (χ4v) is 3.17. The zero-order valence-corrected chi connectivity index (χ0v) is 11.9. The Bertz CT molecular complexity index is 390. The molecule has 0 spiro atoms. The average molecular weight is 267 g/mol. The lowest BCUT2D eigenvalue weighted by Crippen LogP contribution is -2.39. The van der Waals surface area contributed by atoms with Crippen molar-refractivity contribution in [3.63, 3.8) is 0 Å². The summed E-state index contributed by atoms with van der Waals surface area (Å²) < 4.78 is 0. The fraction of sp³-hybridized carbons (Fsp3) is 0.600. The molecule has 2 nitrogen and oxygen atoms in total. The number of rotatable bonds is 4. The highest BCUT2D eigenvalue weighted by Gasteiger charge is 2.23.